The molecule has 3 aliphatic rings. The topological polar surface area (TPSA) is 219 Å². The summed E-state index contributed by atoms with van der Waals surface area (Å²) in [4.78, 5) is 27.4. The lowest BCUT2D eigenvalue weighted by Crippen LogP contribution is -2.52. The largest absolute Gasteiger partial charge is 0.507 e. The van der Waals surface area contributed by atoms with Crippen molar-refractivity contribution in [1.82, 2.24) is 5.43 Å². The van der Waals surface area contributed by atoms with Crippen LogP contribution in [0.25, 0.3) is 0 Å². The molecule has 0 radical (unpaired) electrons. The van der Waals surface area contributed by atoms with E-state index in [-0.39, 0.29) is 70.5 Å². The second kappa shape index (κ2) is 12.0. The number of aliphatic hydroxyl groups excluding tert-OH is 1. The van der Waals surface area contributed by atoms with Gasteiger partial charge in [0.25, 0.3) is 0 Å². The van der Waals surface area contributed by atoms with E-state index < -0.39 is 70.4 Å². The molecule has 43 heavy (non-hydrogen) atoms. The van der Waals surface area contributed by atoms with Gasteiger partial charge in [-0.3, -0.25) is 15.0 Å². The molecule has 2 aromatic rings. The highest BCUT2D eigenvalue weighted by atomic mass is 35.5. The second-order valence-corrected chi connectivity index (χ2v) is 11.2. The number of nitrogens with two attached hydrogens (primary N) is 2. The van der Waals surface area contributed by atoms with Gasteiger partial charge in [0.2, 0.25) is 5.78 Å². The standard InChI is InChI=1S/C28H32N4O9S.ClH/c1-10-22(33)14(29)7-17(40-10)41-16-9-28(38,11(2)31-32-27(30)42)8-13-19(16)26(37)21-20(24(13)35)23(34)12-5-4-6-15(39-3)18(12)25(21)36;/h4-6,10,14,16-17,22,33,35,37-38H,7-9,29H2,1-3H3,(H3,30,32,42);1H/b31-11+;/t10-,14-,16+,17+,22+,28-;/m0./s1. The van der Waals surface area contributed by atoms with Crippen molar-refractivity contribution in [3.8, 4) is 17.2 Å². The number of hydrogen-bond acceptors (Lipinski definition) is 12. The summed E-state index contributed by atoms with van der Waals surface area (Å²) in [6.45, 7) is 3.13. The number of ether oxygens (including phenoxy) is 3. The number of carbonyl (C=O) groups is 2. The fourth-order valence-electron chi connectivity index (χ4n) is 5.91. The van der Waals surface area contributed by atoms with Crippen LogP contribution < -0.4 is 21.6 Å². The van der Waals surface area contributed by atoms with Crippen molar-refractivity contribution in [1.29, 1.82) is 0 Å². The lowest BCUT2D eigenvalue weighted by molar-refractivity contribution is -0.245. The fourth-order valence-corrected chi connectivity index (χ4v) is 5.95. The molecule has 232 valence electrons. The van der Waals surface area contributed by atoms with E-state index in [1.54, 1.807) is 6.92 Å². The summed E-state index contributed by atoms with van der Waals surface area (Å²) in [5.41, 5.74) is 11.5. The van der Waals surface area contributed by atoms with E-state index in [0.29, 0.717) is 0 Å². The van der Waals surface area contributed by atoms with Crippen LogP contribution in [0.15, 0.2) is 23.3 Å². The van der Waals surface area contributed by atoms with E-state index in [2.05, 4.69) is 10.5 Å². The number of ketones is 2. The number of hydrogen-bond donors (Lipinski definition) is 7. The molecule has 0 bridgehead atoms. The molecule has 9 N–H and O–H groups in total. The second-order valence-electron chi connectivity index (χ2n) is 10.8. The van der Waals surface area contributed by atoms with Crippen LogP contribution in [0, 0.1) is 0 Å². The predicted molar refractivity (Wildman–Crippen MR) is 160 cm³/mol. The van der Waals surface area contributed by atoms with E-state index in [1.165, 1.54) is 32.2 Å². The summed E-state index contributed by atoms with van der Waals surface area (Å²) in [5.74, 6) is -2.46. The Balaban J connectivity index is 0.00000423. The Morgan fingerprint density at radius 3 is 2.49 bits per heavy atom. The average molecular weight is 637 g/mol. The molecule has 0 saturated carbocycles. The van der Waals surface area contributed by atoms with Crippen LogP contribution in [0.3, 0.4) is 0 Å². The highest BCUT2D eigenvalue weighted by molar-refractivity contribution is 7.80. The zero-order chi connectivity index (χ0) is 30.7. The molecule has 15 heteroatoms. The average Bonchev–Trinajstić information content (AvgIpc) is 2.94. The summed E-state index contributed by atoms with van der Waals surface area (Å²) in [6.07, 6.45) is -4.25. The SMILES string of the molecule is COc1cccc2c1C(=O)c1c(O)c3c(c(O)c1C2=O)C[C@@](O)(/C(C)=N/NC(N)=S)C[C@H]3O[C@@H]1C[C@H](N)[C@H](O)[C@H](C)O1.Cl. The Morgan fingerprint density at radius 2 is 1.86 bits per heavy atom. The van der Waals surface area contributed by atoms with Crippen molar-refractivity contribution >= 4 is 47.0 Å². The van der Waals surface area contributed by atoms with Crippen LogP contribution in [-0.4, -0.2) is 80.1 Å². The number of benzene rings is 2. The molecule has 0 unspecified atom stereocenters. The molecule has 13 nitrogen and oxygen atoms in total. The molecule has 2 aliphatic carbocycles. The van der Waals surface area contributed by atoms with Crippen LogP contribution in [0.5, 0.6) is 17.2 Å². The first-order chi connectivity index (χ1) is 19.8. The first-order valence-corrected chi connectivity index (χ1v) is 13.6. The number of thiocarbonyl (C=S) groups is 1. The van der Waals surface area contributed by atoms with Gasteiger partial charge in [-0.1, -0.05) is 12.1 Å². The zero-order valence-corrected chi connectivity index (χ0v) is 25.1. The van der Waals surface area contributed by atoms with Crippen LogP contribution >= 0.6 is 24.6 Å². The van der Waals surface area contributed by atoms with Crippen LogP contribution in [0.4, 0.5) is 0 Å². The van der Waals surface area contributed by atoms with Gasteiger partial charge in [0.1, 0.15) is 22.8 Å². The third-order valence-corrected chi connectivity index (χ3v) is 8.24. The number of halogens is 1. The molecule has 1 aliphatic heterocycles. The summed E-state index contributed by atoms with van der Waals surface area (Å²) >= 11 is 4.81. The smallest absolute Gasteiger partial charge is 0.202 e. The lowest BCUT2D eigenvalue weighted by Gasteiger charge is -2.42. The number of phenolic OH excluding ortho intramolecular Hbond substituents is 2. The monoisotopic (exact) mass is 636 g/mol. The quantitative estimate of drug-likeness (QED) is 0.0903. The van der Waals surface area contributed by atoms with Crippen molar-refractivity contribution in [2.75, 3.05) is 7.11 Å². The van der Waals surface area contributed by atoms with Crippen LogP contribution in [0.1, 0.15) is 75.8 Å². The Labute approximate surface area is 258 Å². The molecule has 0 aromatic heterocycles. The molecule has 1 saturated heterocycles. The van der Waals surface area contributed by atoms with E-state index in [0.717, 1.165) is 0 Å². The first kappa shape index (κ1) is 32.5. The van der Waals surface area contributed by atoms with Crippen molar-refractivity contribution in [3.63, 3.8) is 0 Å². The molecule has 5 rings (SSSR count). The summed E-state index contributed by atoms with van der Waals surface area (Å²) in [7, 11) is 1.35. The third-order valence-electron chi connectivity index (χ3n) is 8.15. The summed E-state index contributed by atoms with van der Waals surface area (Å²) in [6, 6.07) is 3.79. The van der Waals surface area contributed by atoms with Gasteiger partial charge in [-0.25, -0.2) is 0 Å². The number of nitrogens with zero attached hydrogens (tertiary/aromatic N) is 1. The van der Waals surface area contributed by atoms with Gasteiger partial charge in [-0.05, 0) is 32.1 Å². The van der Waals surface area contributed by atoms with E-state index in [1.807, 2.05) is 0 Å². The van der Waals surface area contributed by atoms with E-state index in [4.69, 9.17) is 37.9 Å². The number of phenols is 2. The minimum absolute atomic E-state index is 0. The molecular formula is C28H33ClN4O9S. The maximum Gasteiger partial charge on any atom is 0.202 e. The molecule has 0 spiro atoms. The summed E-state index contributed by atoms with van der Waals surface area (Å²) < 4.78 is 17.3. The number of aliphatic hydroxyl groups is 2. The van der Waals surface area contributed by atoms with Crippen LogP contribution in [-0.2, 0) is 15.9 Å². The normalized spacial score (nSPS) is 28.2. The van der Waals surface area contributed by atoms with Crippen molar-refractivity contribution in [2.24, 2.45) is 16.6 Å². The molecular weight excluding hydrogens is 604 g/mol. The van der Waals surface area contributed by atoms with Crippen molar-refractivity contribution in [3.05, 3.63) is 51.6 Å². The maximum atomic E-state index is 13.8. The molecule has 6 atom stereocenters. The van der Waals surface area contributed by atoms with Gasteiger partial charge < -0.3 is 46.1 Å². The van der Waals surface area contributed by atoms with Gasteiger partial charge >= 0.3 is 0 Å². The Morgan fingerprint density at radius 1 is 1.19 bits per heavy atom. The van der Waals surface area contributed by atoms with Gasteiger partial charge in [0, 0.05) is 42.0 Å². The number of fused-ring (bicyclic) bond motifs is 3. The number of aromatic hydroxyl groups is 2. The van der Waals surface area contributed by atoms with E-state index >= 15 is 0 Å². The summed E-state index contributed by atoms with van der Waals surface area (Å²) in [5, 5.41) is 49.2. The van der Waals surface area contributed by atoms with Crippen molar-refractivity contribution in [2.45, 2.75) is 69.4 Å². The fraction of sp³-hybridized carbons (Fsp3) is 0.429. The van der Waals surface area contributed by atoms with Gasteiger partial charge in [-0.15, -0.1) is 12.4 Å². The minimum Gasteiger partial charge on any atom is -0.507 e. The zero-order valence-electron chi connectivity index (χ0n) is 23.5. The number of hydrazone groups is 1. The van der Waals surface area contributed by atoms with Gasteiger partial charge in [-0.2, -0.15) is 5.10 Å². The van der Waals surface area contributed by atoms with Gasteiger partial charge in [0.05, 0.1) is 47.8 Å². The van der Waals surface area contributed by atoms with Crippen molar-refractivity contribution < 1.29 is 44.2 Å². The Bertz CT molecular complexity index is 1520. The lowest BCUT2D eigenvalue weighted by atomic mass is 9.72. The highest BCUT2D eigenvalue weighted by Crippen LogP contribution is 2.52. The predicted octanol–water partition coefficient (Wildman–Crippen LogP) is 1.07. The van der Waals surface area contributed by atoms with Gasteiger partial charge in [0.15, 0.2) is 17.2 Å². The Hall–Kier alpha value is -3.37. The molecule has 1 fully saturated rings. The highest BCUT2D eigenvalue weighted by Gasteiger charge is 2.49. The molecule has 1 heterocycles. The Kier molecular flexibility index (Phi) is 9.05. The number of carbonyl (C=O) groups excluding carboxylic acids is 2. The van der Waals surface area contributed by atoms with E-state index in [9.17, 15) is 30.0 Å². The molecule has 2 aromatic carbocycles. The van der Waals surface area contributed by atoms with Crippen LogP contribution in [0.2, 0.25) is 0 Å². The maximum absolute atomic E-state index is 13.8. The minimum atomic E-state index is -1.79. The number of rotatable bonds is 5. The molecule has 0 amide bonds. The third kappa shape index (κ3) is 5.44. The number of methoxy groups -OCH3 is 1. The number of nitrogens with one attached hydrogen (secondary N) is 1. The first-order valence-electron chi connectivity index (χ1n) is 13.2.